The molecule has 2 aromatic heterocycles. The van der Waals surface area contributed by atoms with Gasteiger partial charge in [-0.25, -0.2) is 27.9 Å². The predicted molar refractivity (Wildman–Crippen MR) is 158 cm³/mol. The minimum Gasteiger partial charge on any atom is -0.478 e. The highest BCUT2D eigenvalue weighted by atomic mass is 19.1. The van der Waals surface area contributed by atoms with Crippen LogP contribution in [-0.4, -0.2) is 51.0 Å². The van der Waals surface area contributed by atoms with E-state index in [-0.39, 0.29) is 58.5 Å². The lowest BCUT2D eigenvalue weighted by Gasteiger charge is -2.36. The number of hydrogen-bond acceptors (Lipinski definition) is 7. The zero-order chi connectivity index (χ0) is 32.0. The van der Waals surface area contributed by atoms with Gasteiger partial charge in [0.1, 0.15) is 35.5 Å². The number of carboxylic acid groups (broad SMARTS) is 1. The molecule has 4 heterocycles. The van der Waals surface area contributed by atoms with Crippen LogP contribution in [0.15, 0.2) is 66.7 Å². The maximum absolute atomic E-state index is 15.7. The van der Waals surface area contributed by atoms with Crippen LogP contribution in [0.25, 0.3) is 22.3 Å². The van der Waals surface area contributed by atoms with Crippen molar-refractivity contribution >= 4 is 17.0 Å². The molecule has 2 aliphatic rings. The Balaban J connectivity index is 1.17. The minimum atomic E-state index is -1.09. The summed E-state index contributed by atoms with van der Waals surface area (Å²) in [4.78, 5) is 20.7. The van der Waals surface area contributed by atoms with Gasteiger partial charge in [-0.05, 0) is 54.1 Å². The first-order valence-corrected chi connectivity index (χ1v) is 14.4. The van der Waals surface area contributed by atoms with Gasteiger partial charge in [-0.3, -0.25) is 0 Å². The van der Waals surface area contributed by atoms with Crippen molar-refractivity contribution in [2.75, 3.05) is 19.8 Å². The van der Waals surface area contributed by atoms with E-state index in [0.717, 1.165) is 18.2 Å². The molecule has 9 nitrogen and oxygen atoms in total. The number of nitrogens with zero attached hydrogens (tertiary/aromatic N) is 4. The Morgan fingerprint density at radius 1 is 1.02 bits per heavy atom. The largest absolute Gasteiger partial charge is 0.478 e. The van der Waals surface area contributed by atoms with E-state index in [4.69, 9.17) is 24.5 Å². The second-order valence-electron chi connectivity index (χ2n) is 11.4. The first kappa shape index (κ1) is 29.5. The Bertz CT molecular complexity index is 2050. The van der Waals surface area contributed by atoms with Crippen LogP contribution in [0.3, 0.4) is 0 Å². The van der Waals surface area contributed by atoms with E-state index in [1.807, 2.05) is 10.6 Å². The summed E-state index contributed by atoms with van der Waals surface area (Å²) in [7, 11) is 0. The summed E-state index contributed by atoms with van der Waals surface area (Å²) in [5.74, 6) is -2.57. The molecule has 5 aromatic rings. The summed E-state index contributed by atoms with van der Waals surface area (Å²) in [6, 6.07) is 17.0. The molecule has 0 radical (unpaired) electrons. The number of hydrogen-bond donors (Lipinski definition) is 1. The molecule has 1 spiro atoms. The number of imidazole rings is 1. The number of benzene rings is 3. The summed E-state index contributed by atoms with van der Waals surface area (Å²) in [5.41, 5.74) is 1.24. The number of halogens is 3. The van der Waals surface area contributed by atoms with Crippen molar-refractivity contribution in [2.45, 2.75) is 31.1 Å². The highest BCUT2D eigenvalue weighted by Gasteiger charge is 2.47. The molecule has 2 aliphatic heterocycles. The Kier molecular flexibility index (Phi) is 7.43. The fraction of sp³-hybridized carbons (Fsp3) is 0.235. The molecular weight excluding hydrogens is 601 g/mol. The maximum atomic E-state index is 15.7. The van der Waals surface area contributed by atoms with Crippen LogP contribution in [-0.2, 0) is 22.5 Å². The van der Waals surface area contributed by atoms with Gasteiger partial charge in [0.25, 0.3) is 0 Å². The van der Waals surface area contributed by atoms with Gasteiger partial charge in [0.2, 0.25) is 5.88 Å². The molecule has 1 N–H and O–H groups in total. The Morgan fingerprint density at radius 2 is 1.85 bits per heavy atom. The van der Waals surface area contributed by atoms with Gasteiger partial charge in [0, 0.05) is 30.0 Å². The normalized spacial score (nSPS) is 16.8. The van der Waals surface area contributed by atoms with E-state index in [9.17, 15) is 14.3 Å². The third-order valence-corrected chi connectivity index (χ3v) is 8.34. The van der Waals surface area contributed by atoms with Crippen molar-refractivity contribution in [3.05, 3.63) is 112 Å². The molecule has 2 fully saturated rings. The summed E-state index contributed by atoms with van der Waals surface area (Å²) < 4.78 is 64.4. The molecule has 46 heavy (non-hydrogen) atoms. The van der Waals surface area contributed by atoms with E-state index in [0.29, 0.717) is 43.1 Å². The van der Waals surface area contributed by atoms with E-state index in [2.05, 4.69) is 4.98 Å². The maximum Gasteiger partial charge on any atom is 0.335 e. The van der Waals surface area contributed by atoms with E-state index in [1.54, 1.807) is 12.1 Å². The molecule has 0 aliphatic carbocycles. The van der Waals surface area contributed by atoms with Gasteiger partial charge in [0.05, 0.1) is 59.8 Å². The molecule has 0 saturated carbocycles. The Morgan fingerprint density at radius 3 is 2.57 bits per heavy atom. The highest BCUT2D eigenvalue weighted by Crippen LogP contribution is 2.41. The molecule has 0 amide bonds. The van der Waals surface area contributed by atoms with Crippen molar-refractivity contribution in [2.24, 2.45) is 0 Å². The second kappa shape index (κ2) is 11.6. The topological polar surface area (TPSA) is 119 Å². The quantitative estimate of drug-likeness (QED) is 0.223. The predicted octanol–water partition coefficient (Wildman–Crippen LogP) is 5.99. The lowest BCUT2D eigenvalue weighted by Crippen LogP contribution is -2.49. The van der Waals surface area contributed by atoms with Crippen LogP contribution < -0.4 is 4.74 Å². The van der Waals surface area contributed by atoms with E-state index >= 15 is 8.78 Å². The number of pyridine rings is 1. The molecular formula is C34H25F3N4O5. The Labute approximate surface area is 260 Å². The van der Waals surface area contributed by atoms with Crippen molar-refractivity contribution in [3.63, 3.8) is 0 Å². The number of rotatable bonds is 8. The van der Waals surface area contributed by atoms with Crippen LogP contribution in [0.5, 0.6) is 5.88 Å². The average molecular weight is 627 g/mol. The van der Waals surface area contributed by atoms with Gasteiger partial charge in [0.15, 0.2) is 0 Å². The summed E-state index contributed by atoms with van der Waals surface area (Å²) in [6.07, 6.45) is 0.549. The number of ether oxygens (including phenoxy) is 3. The van der Waals surface area contributed by atoms with Gasteiger partial charge in [-0.2, -0.15) is 5.26 Å². The number of aromatic nitrogens is 3. The first-order valence-electron chi connectivity index (χ1n) is 14.4. The van der Waals surface area contributed by atoms with Crippen molar-refractivity contribution in [1.82, 2.24) is 14.5 Å². The molecule has 2 saturated heterocycles. The second-order valence-corrected chi connectivity index (χ2v) is 11.4. The fourth-order valence-corrected chi connectivity index (χ4v) is 5.95. The molecule has 0 bridgehead atoms. The molecule has 12 heteroatoms. The van der Waals surface area contributed by atoms with Crippen molar-refractivity contribution < 1.29 is 37.3 Å². The van der Waals surface area contributed by atoms with Crippen LogP contribution in [0.2, 0.25) is 0 Å². The molecule has 7 rings (SSSR count). The van der Waals surface area contributed by atoms with Crippen LogP contribution >= 0.6 is 0 Å². The smallest absolute Gasteiger partial charge is 0.335 e. The fourth-order valence-electron chi connectivity index (χ4n) is 5.95. The number of aromatic carboxylic acids is 1. The standard InChI is InChI=1S/C34H25F3N4O5/c35-25-8-19(14-38)4-5-21(25)15-45-32-3-1-2-28(40-32)24-12-26(36)22(9-27(24)37)11-31-39-29-7-6-20(33(42)43)10-30(29)41(31)23-13-34(46-16-23)17-44-18-34/h1-10,12,23H,11,13,15-18H2,(H,42,43). The summed E-state index contributed by atoms with van der Waals surface area (Å²) >= 11 is 0. The van der Waals surface area contributed by atoms with Gasteiger partial charge >= 0.3 is 5.97 Å². The van der Waals surface area contributed by atoms with Gasteiger partial charge in [-0.1, -0.05) is 12.1 Å². The third-order valence-electron chi connectivity index (χ3n) is 8.34. The van der Waals surface area contributed by atoms with Crippen LogP contribution in [0.4, 0.5) is 13.2 Å². The zero-order valence-electron chi connectivity index (χ0n) is 24.2. The van der Waals surface area contributed by atoms with Gasteiger partial charge in [-0.15, -0.1) is 0 Å². The SMILES string of the molecule is N#Cc1ccc(COc2cccc(-c3cc(F)c(Cc4nc5ccc(C(=O)O)cc5n4C4COC5(COC5)C4)cc3F)n2)c(F)c1. The summed E-state index contributed by atoms with van der Waals surface area (Å²) in [6.45, 7) is 1.08. The number of nitriles is 1. The van der Waals surface area contributed by atoms with E-state index in [1.165, 1.54) is 36.4 Å². The zero-order valence-corrected chi connectivity index (χ0v) is 24.2. The number of carboxylic acids is 1. The monoisotopic (exact) mass is 626 g/mol. The lowest BCUT2D eigenvalue weighted by molar-refractivity contribution is -0.184. The Hall–Kier alpha value is -5.25. The first-order chi connectivity index (χ1) is 22.2. The molecule has 232 valence electrons. The van der Waals surface area contributed by atoms with Crippen LogP contribution in [0, 0.1) is 28.8 Å². The minimum absolute atomic E-state index is 0.0561. The number of fused-ring (bicyclic) bond motifs is 1. The lowest BCUT2D eigenvalue weighted by atomic mass is 9.96. The van der Waals surface area contributed by atoms with Gasteiger partial charge < -0.3 is 23.9 Å². The summed E-state index contributed by atoms with van der Waals surface area (Å²) in [5, 5.41) is 18.5. The molecule has 3 aromatic carbocycles. The number of carbonyl (C=O) groups is 1. The third kappa shape index (κ3) is 5.44. The van der Waals surface area contributed by atoms with Crippen molar-refractivity contribution in [3.8, 4) is 23.2 Å². The molecule has 1 atom stereocenters. The van der Waals surface area contributed by atoms with E-state index < -0.39 is 29.0 Å². The average Bonchev–Trinajstić information content (AvgIpc) is 3.64. The highest BCUT2D eigenvalue weighted by molar-refractivity contribution is 5.92. The molecule has 1 unspecified atom stereocenters. The van der Waals surface area contributed by atoms with Crippen LogP contribution in [0.1, 0.15) is 45.3 Å². The van der Waals surface area contributed by atoms with Crippen molar-refractivity contribution in [1.29, 1.82) is 5.26 Å².